The molecule has 0 aromatic carbocycles. The van der Waals surface area contributed by atoms with Gasteiger partial charge in [-0.15, -0.1) is 0 Å². The summed E-state index contributed by atoms with van der Waals surface area (Å²) >= 11 is 7.08. The van der Waals surface area contributed by atoms with Gasteiger partial charge in [0.25, 0.3) is 0 Å². The third-order valence-electron chi connectivity index (χ3n) is 2.72. The molecule has 0 bridgehead atoms. The van der Waals surface area contributed by atoms with E-state index in [1.807, 2.05) is 0 Å². The minimum atomic E-state index is -0.431. The first kappa shape index (κ1) is 11.7. The monoisotopic (exact) mass is 260 g/mol. The van der Waals surface area contributed by atoms with E-state index in [-0.39, 0.29) is 5.15 Å². The van der Waals surface area contributed by atoms with Gasteiger partial charge in [0.2, 0.25) is 0 Å². The van der Waals surface area contributed by atoms with Crippen molar-refractivity contribution in [3.05, 3.63) is 10.0 Å². The first-order chi connectivity index (χ1) is 7.70. The molecule has 1 N–H and O–H groups in total. The predicted molar refractivity (Wildman–Crippen MR) is 64.3 cm³/mol. The van der Waals surface area contributed by atoms with E-state index < -0.39 is 5.97 Å². The number of nitrogens with zero attached hydrogens (tertiary/aromatic N) is 1. The van der Waals surface area contributed by atoms with Crippen molar-refractivity contribution in [1.29, 1.82) is 0 Å². The van der Waals surface area contributed by atoms with Crippen LogP contribution in [0.25, 0.3) is 0 Å². The Bertz CT molecular complexity index is 390. The fourth-order valence-electron chi connectivity index (χ4n) is 1.52. The minimum Gasteiger partial charge on any atom is -0.465 e. The highest BCUT2D eigenvalue weighted by Crippen LogP contribution is 2.30. The zero-order valence-electron chi connectivity index (χ0n) is 8.96. The second-order valence-corrected chi connectivity index (χ2v) is 5.17. The van der Waals surface area contributed by atoms with Gasteiger partial charge in [0, 0.05) is 6.54 Å². The molecule has 1 aliphatic rings. The van der Waals surface area contributed by atoms with Crippen LogP contribution in [0.4, 0.5) is 5.13 Å². The van der Waals surface area contributed by atoms with E-state index >= 15 is 0 Å². The SMILES string of the molecule is COC(=O)c1sc(NCC2CCC2)nc1Cl. The lowest BCUT2D eigenvalue weighted by molar-refractivity contribution is 0.0606. The summed E-state index contributed by atoms with van der Waals surface area (Å²) in [5, 5.41) is 4.11. The van der Waals surface area contributed by atoms with Crippen LogP contribution in [0.3, 0.4) is 0 Å². The topological polar surface area (TPSA) is 51.2 Å². The Labute approximate surface area is 103 Å². The summed E-state index contributed by atoms with van der Waals surface area (Å²) in [5.41, 5.74) is 0. The molecule has 16 heavy (non-hydrogen) atoms. The Morgan fingerprint density at radius 1 is 1.69 bits per heavy atom. The van der Waals surface area contributed by atoms with Gasteiger partial charge in [-0.25, -0.2) is 9.78 Å². The molecule has 6 heteroatoms. The Hall–Kier alpha value is -0.810. The van der Waals surface area contributed by atoms with E-state index in [1.54, 1.807) is 0 Å². The molecule has 0 amide bonds. The van der Waals surface area contributed by atoms with Gasteiger partial charge in [-0.05, 0) is 18.8 Å². The maximum absolute atomic E-state index is 11.3. The lowest BCUT2D eigenvalue weighted by atomic mass is 9.86. The highest BCUT2D eigenvalue weighted by molar-refractivity contribution is 7.18. The molecule has 1 saturated carbocycles. The van der Waals surface area contributed by atoms with Crippen LogP contribution in [0.5, 0.6) is 0 Å². The molecule has 1 heterocycles. The molecular weight excluding hydrogens is 248 g/mol. The number of hydrogen-bond donors (Lipinski definition) is 1. The molecule has 4 nitrogen and oxygen atoms in total. The average molecular weight is 261 g/mol. The number of nitrogens with one attached hydrogen (secondary N) is 1. The lowest BCUT2D eigenvalue weighted by Crippen LogP contribution is -2.20. The van der Waals surface area contributed by atoms with E-state index in [1.165, 1.54) is 37.7 Å². The summed E-state index contributed by atoms with van der Waals surface area (Å²) in [6.07, 6.45) is 3.87. The van der Waals surface area contributed by atoms with Crippen molar-refractivity contribution in [3.63, 3.8) is 0 Å². The fourth-order valence-corrected chi connectivity index (χ4v) is 2.63. The minimum absolute atomic E-state index is 0.216. The van der Waals surface area contributed by atoms with E-state index in [0.29, 0.717) is 10.0 Å². The van der Waals surface area contributed by atoms with E-state index in [9.17, 15) is 4.79 Å². The number of thiazole rings is 1. The smallest absolute Gasteiger partial charge is 0.351 e. The molecule has 1 aromatic rings. The van der Waals surface area contributed by atoms with Crippen molar-refractivity contribution in [2.45, 2.75) is 19.3 Å². The molecule has 0 atom stereocenters. The quantitative estimate of drug-likeness (QED) is 0.846. The third-order valence-corrected chi connectivity index (χ3v) is 4.10. The molecule has 0 saturated heterocycles. The summed E-state index contributed by atoms with van der Waals surface area (Å²) < 4.78 is 4.61. The summed E-state index contributed by atoms with van der Waals surface area (Å²) in [6, 6.07) is 0. The summed E-state index contributed by atoms with van der Waals surface area (Å²) in [4.78, 5) is 15.7. The number of esters is 1. The number of carbonyl (C=O) groups excluding carboxylic acids is 1. The normalized spacial score (nSPS) is 15.6. The average Bonchev–Trinajstić information content (AvgIpc) is 2.56. The van der Waals surface area contributed by atoms with E-state index in [4.69, 9.17) is 11.6 Å². The van der Waals surface area contributed by atoms with Crippen molar-refractivity contribution < 1.29 is 9.53 Å². The van der Waals surface area contributed by atoms with Gasteiger partial charge in [0.1, 0.15) is 0 Å². The molecule has 0 spiro atoms. The largest absolute Gasteiger partial charge is 0.465 e. The molecule has 0 aliphatic heterocycles. The molecule has 2 rings (SSSR count). The summed E-state index contributed by atoms with van der Waals surface area (Å²) in [6.45, 7) is 0.907. The number of anilines is 1. The van der Waals surface area contributed by atoms with Crippen LogP contribution >= 0.6 is 22.9 Å². The van der Waals surface area contributed by atoms with Gasteiger partial charge in [-0.2, -0.15) is 0 Å². The molecule has 88 valence electrons. The highest BCUT2D eigenvalue weighted by Gasteiger charge is 2.20. The molecule has 1 fully saturated rings. The Morgan fingerprint density at radius 2 is 2.44 bits per heavy atom. The van der Waals surface area contributed by atoms with Crippen LogP contribution in [0.1, 0.15) is 28.9 Å². The van der Waals surface area contributed by atoms with E-state index in [0.717, 1.165) is 12.5 Å². The molecule has 0 radical (unpaired) electrons. The number of rotatable bonds is 4. The molecule has 1 aliphatic carbocycles. The van der Waals surface area contributed by atoms with Crippen LogP contribution in [-0.4, -0.2) is 24.6 Å². The number of methoxy groups -OCH3 is 1. The van der Waals surface area contributed by atoms with Crippen LogP contribution in [0, 0.1) is 5.92 Å². The third kappa shape index (κ3) is 2.47. The zero-order valence-corrected chi connectivity index (χ0v) is 10.5. The zero-order chi connectivity index (χ0) is 11.5. The van der Waals surface area contributed by atoms with Gasteiger partial charge < -0.3 is 10.1 Å². The van der Waals surface area contributed by atoms with Gasteiger partial charge in [-0.3, -0.25) is 0 Å². The van der Waals surface area contributed by atoms with Crippen molar-refractivity contribution in [1.82, 2.24) is 4.98 Å². The Balaban J connectivity index is 1.96. The number of carbonyl (C=O) groups is 1. The van der Waals surface area contributed by atoms with Gasteiger partial charge in [-0.1, -0.05) is 29.4 Å². The standard InChI is InChI=1S/C10H13ClN2O2S/c1-15-9(14)7-8(11)13-10(16-7)12-5-6-3-2-4-6/h6H,2-5H2,1H3,(H,12,13). The summed E-state index contributed by atoms with van der Waals surface area (Å²) in [5.74, 6) is 0.309. The van der Waals surface area contributed by atoms with Crippen molar-refractivity contribution in [2.75, 3.05) is 19.0 Å². The van der Waals surface area contributed by atoms with Crippen LogP contribution in [-0.2, 0) is 4.74 Å². The van der Waals surface area contributed by atoms with Crippen LogP contribution in [0.15, 0.2) is 0 Å². The highest BCUT2D eigenvalue weighted by atomic mass is 35.5. The molecule has 0 unspecified atom stereocenters. The molecule has 1 aromatic heterocycles. The van der Waals surface area contributed by atoms with Crippen molar-refractivity contribution in [2.24, 2.45) is 5.92 Å². The van der Waals surface area contributed by atoms with E-state index in [2.05, 4.69) is 15.0 Å². The van der Waals surface area contributed by atoms with Gasteiger partial charge in [0.05, 0.1) is 7.11 Å². The maximum Gasteiger partial charge on any atom is 0.351 e. The molecular formula is C10H13ClN2O2S. The number of halogens is 1. The van der Waals surface area contributed by atoms with Gasteiger partial charge in [0.15, 0.2) is 15.2 Å². The first-order valence-electron chi connectivity index (χ1n) is 5.19. The second-order valence-electron chi connectivity index (χ2n) is 3.81. The Kier molecular flexibility index (Phi) is 3.66. The van der Waals surface area contributed by atoms with Crippen LogP contribution in [0.2, 0.25) is 5.15 Å². The Morgan fingerprint density at radius 3 is 3.00 bits per heavy atom. The second kappa shape index (κ2) is 5.01. The number of ether oxygens (including phenoxy) is 1. The van der Waals surface area contributed by atoms with Crippen molar-refractivity contribution in [3.8, 4) is 0 Å². The lowest BCUT2D eigenvalue weighted by Gasteiger charge is -2.25. The number of aromatic nitrogens is 1. The van der Waals surface area contributed by atoms with Crippen molar-refractivity contribution >= 4 is 34.0 Å². The summed E-state index contributed by atoms with van der Waals surface area (Å²) in [7, 11) is 1.33. The fraction of sp³-hybridized carbons (Fsp3) is 0.600. The predicted octanol–water partition coefficient (Wildman–Crippen LogP) is 2.80. The maximum atomic E-state index is 11.3. The first-order valence-corrected chi connectivity index (χ1v) is 6.38. The van der Waals surface area contributed by atoms with Gasteiger partial charge >= 0.3 is 5.97 Å². The van der Waals surface area contributed by atoms with Crippen LogP contribution < -0.4 is 5.32 Å². The number of hydrogen-bond acceptors (Lipinski definition) is 5.